The minimum absolute atomic E-state index is 0.0604. The number of para-hydroxylation sites is 1. The maximum Gasteiger partial charge on any atom is 0.0780 e. The summed E-state index contributed by atoms with van der Waals surface area (Å²) >= 11 is 0. The Hall–Kier alpha value is -5.34. The van der Waals surface area contributed by atoms with Gasteiger partial charge in [0, 0.05) is 22.7 Å². The normalized spacial score (nSPS) is 13.5. The van der Waals surface area contributed by atoms with Gasteiger partial charge in [0.25, 0.3) is 0 Å². The fraction of sp³-hybridized carbons (Fsp3) is 0.136. The van der Waals surface area contributed by atoms with Crippen molar-refractivity contribution in [3.05, 3.63) is 180 Å². The van der Waals surface area contributed by atoms with Crippen LogP contribution in [0, 0.1) is 0 Å². The van der Waals surface area contributed by atoms with Crippen molar-refractivity contribution < 1.29 is 0 Å². The molecule has 5 aromatic rings. The lowest BCUT2D eigenvalue weighted by molar-refractivity contribution is 0.821. The van der Waals surface area contributed by atoms with Gasteiger partial charge >= 0.3 is 0 Å². The number of aliphatic imine (C=N–C) groups is 1. The Labute approximate surface area is 274 Å². The van der Waals surface area contributed by atoms with Crippen LogP contribution in [0.3, 0.4) is 0 Å². The van der Waals surface area contributed by atoms with E-state index in [1.54, 1.807) is 0 Å². The van der Waals surface area contributed by atoms with Crippen molar-refractivity contribution in [3.63, 3.8) is 0 Å². The molecule has 1 aromatic heterocycles. The third kappa shape index (κ3) is 7.65. The Balaban J connectivity index is 1.69. The van der Waals surface area contributed by atoms with E-state index in [0.717, 1.165) is 67.6 Å². The Morgan fingerprint density at radius 2 is 1.52 bits per heavy atom. The van der Waals surface area contributed by atoms with Gasteiger partial charge < -0.3 is 0 Å². The summed E-state index contributed by atoms with van der Waals surface area (Å²) in [6.45, 7) is 12.4. The molecule has 1 unspecified atom stereocenters. The summed E-state index contributed by atoms with van der Waals surface area (Å²) in [7, 11) is 0. The van der Waals surface area contributed by atoms with Crippen LogP contribution in [-0.4, -0.2) is 10.7 Å². The number of fused-ring (bicyclic) bond motifs is 1. The van der Waals surface area contributed by atoms with Crippen molar-refractivity contribution >= 4 is 33.8 Å². The average Bonchev–Trinajstić information content (AvgIpc) is 3.11. The molecule has 228 valence electrons. The van der Waals surface area contributed by atoms with Crippen LogP contribution in [0.5, 0.6) is 0 Å². The van der Waals surface area contributed by atoms with Crippen molar-refractivity contribution in [2.24, 2.45) is 4.99 Å². The molecule has 0 saturated carbocycles. The Morgan fingerprint density at radius 3 is 2.24 bits per heavy atom. The van der Waals surface area contributed by atoms with Crippen LogP contribution in [0.15, 0.2) is 157 Å². The lowest BCUT2D eigenvalue weighted by Gasteiger charge is -2.15. The summed E-state index contributed by atoms with van der Waals surface area (Å²) in [4.78, 5) is 10.2. The summed E-state index contributed by atoms with van der Waals surface area (Å²) in [6.07, 6.45) is 17.7. The standard InChI is InChI=1S/C44H42N2/c1-6-10-18-35(9-4)39-29-40(42-21-14-19-38-20-15-28-45-44(38)42)31-41(30-39)43(27-22-33-16-12-11-13-17-33)46-32(5)36-23-25-37(26-24-36)34(7-2)8-3/h7-32H,2,6H2,1,3-5H3/b18-10-,27-22-,34-8+,35-9+,46-43?. The number of hydrogen-bond acceptors (Lipinski definition) is 2. The zero-order valence-corrected chi connectivity index (χ0v) is 27.3. The molecule has 0 radical (unpaired) electrons. The number of allylic oxidation sites excluding steroid dienone is 8. The highest BCUT2D eigenvalue weighted by atomic mass is 14.8. The number of nitrogens with zero attached hydrogens (tertiary/aromatic N) is 2. The molecule has 4 aromatic carbocycles. The van der Waals surface area contributed by atoms with Crippen molar-refractivity contribution in [1.29, 1.82) is 0 Å². The highest BCUT2D eigenvalue weighted by Gasteiger charge is 2.13. The van der Waals surface area contributed by atoms with Gasteiger partial charge in [-0.15, -0.1) is 0 Å². The van der Waals surface area contributed by atoms with Crippen LogP contribution >= 0.6 is 0 Å². The quantitative estimate of drug-likeness (QED) is 0.110. The third-order valence-corrected chi connectivity index (χ3v) is 8.17. The van der Waals surface area contributed by atoms with E-state index in [-0.39, 0.29) is 6.04 Å². The van der Waals surface area contributed by atoms with Gasteiger partial charge in [0.15, 0.2) is 0 Å². The lowest BCUT2D eigenvalue weighted by Crippen LogP contribution is -2.03. The van der Waals surface area contributed by atoms with E-state index >= 15 is 0 Å². The van der Waals surface area contributed by atoms with E-state index in [9.17, 15) is 0 Å². The molecule has 5 rings (SSSR count). The number of benzene rings is 4. The predicted molar refractivity (Wildman–Crippen MR) is 201 cm³/mol. The first-order valence-electron chi connectivity index (χ1n) is 16.1. The maximum absolute atomic E-state index is 5.37. The molecular formula is C44H42N2. The highest BCUT2D eigenvalue weighted by Crippen LogP contribution is 2.32. The Morgan fingerprint density at radius 1 is 0.783 bits per heavy atom. The summed E-state index contributed by atoms with van der Waals surface area (Å²) in [5.41, 5.74) is 12.1. The lowest BCUT2D eigenvalue weighted by atomic mass is 9.92. The van der Waals surface area contributed by atoms with E-state index in [2.05, 4.69) is 155 Å². The second-order valence-corrected chi connectivity index (χ2v) is 11.2. The first-order chi connectivity index (χ1) is 22.5. The van der Waals surface area contributed by atoms with Gasteiger partial charge in [-0.25, -0.2) is 0 Å². The van der Waals surface area contributed by atoms with Crippen molar-refractivity contribution in [3.8, 4) is 11.1 Å². The summed E-state index contributed by atoms with van der Waals surface area (Å²) in [5, 5.41) is 1.12. The molecule has 1 heterocycles. The minimum atomic E-state index is -0.0604. The first-order valence-corrected chi connectivity index (χ1v) is 16.1. The molecule has 2 nitrogen and oxygen atoms in total. The fourth-order valence-corrected chi connectivity index (χ4v) is 5.63. The number of pyridine rings is 1. The van der Waals surface area contributed by atoms with E-state index in [4.69, 9.17) is 9.98 Å². The van der Waals surface area contributed by atoms with Gasteiger partial charge in [-0.2, -0.15) is 0 Å². The molecule has 0 amide bonds. The molecule has 2 heteroatoms. The fourth-order valence-electron chi connectivity index (χ4n) is 5.63. The molecule has 0 aliphatic heterocycles. The monoisotopic (exact) mass is 598 g/mol. The summed E-state index contributed by atoms with van der Waals surface area (Å²) in [5.74, 6) is 0. The van der Waals surface area contributed by atoms with E-state index in [1.807, 2.05) is 31.3 Å². The number of rotatable bonds is 11. The van der Waals surface area contributed by atoms with Gasteiger partial charge in [0.1, 0.15) is 0 Å². The van der Waals surface area contributed by atoms with Crippen LogP contribution in [0.4, 0.5) is 0 Å². The molecule has 0 saturated heterocycles. The second-order valence-electron chi connectivity index (χ2n) is 11.2. The van der Waals surface area contributed by atoms with Crippen LogP contribution in [0.2, 0.25) is 0 Å². The Bertz CT molecular complexity index is 1950. The van der Waals surface area contributed by atoms with Gasteiger partial charge in [-0.05, 0) is 96.5 Å². The minimum Gasteiger partial charge on any atom is -0.277 e. The van der Waals surface area contributed by atoms with E-state index < -0.39 is 0 Å². The molecule has 0 aliphatic rings. The first kappa shape index (κ1) is 32.1. The Kier molecular flexibility index (Phi) is 10.9. The van der Waals surface area contributed by atoms with E-state index in [1.165, 1.54) is 5.57 Å². The van der Waals surface area contributed by atoms with Crippen molar-refractivity contribution in [2.75, 3.05) is 0 Å². The SMILES string of the molecule is C=C/C(=C\C)c1ccc(C(C)N=C(/C=C\c2ccccc2)c2cc(C(/C=C\CC)=C/C)cc(-c3cccc4cccnc34)c2)cc1. The molecule has 1 atom stereocenters. The van der Waals surface area contributed by atoms with Crippen LogP contribution in [-0.2, 0) is 0 Å². The summed E-state index contributed by atoms with van der Waals surface area (Å²) in [6, 6.07) is 36.3. The van der Waals surface area contributed by atoms with Crippen molar-refractivity contribution in [1.82, 2.24) is 4.98 Å². The predicted octanol–water partition coefficient (Wildman–Crippen LogP) is 12.1. The van der Waals surface area contributed by atoms with Crippen molar-refractivity contribution in [2.45, 2.75) is 40.2 Å². The van der Waals surface area contributed by atoms with Gasteiger partial charge in [-0.1, -0.05) is 129 Å². The molecule has 0 fully saturated rings. The second kappa shape index (κ2) is 15.6. The van der Waals surface area contributed by atoms with E-state index in [0.29, 0.717) is 0 Å². The zero-order chi connectivity index (χ0) is 32.3. The molecule has 0 N–H and O–H groups in total. The van der Waals surface area contributed by atoms with Gasteiger partial charge in [0.05, 0.1) is 17.3 Å². The smallest absolute Gasteiger partial charge is 0.0780 e. The molecule has 0 spiro atoms. The molecule has 0 bridgehead atoms. The molecule has 0 aliphatic carbocycles. The van der Waals surface area contributed by atoms with Crippen LogP contribution in [0.25, 0.3) is 39.3 Å². The largest absolute Gasteiger partial charge is 0.277 e. The van der Waals surface area contributed by atoms with Crippen LogP contribution in [0.1, 0.15) is 68.0 Å². The maximum atomic E-state index is 5.37. The van der Waals surface area contributed by atoms with Gasteiger partial charge in [-0.3, -0.25) is 9.98 Å². The molecule has 46 heavy (non-hydrogen) atoms. The number of hydrogen-bond donors (Lipinski definition) is 0. The van der Waals surface area contributed by atoms with Crippen LogP contribution < -0.4 is 0 Å². The van der Waals surface area contributed by atoms with Gasteiger partial charge in [0.2, 0.25) is 0 Å². The zero-order valence-electron chi connectivity index (χ0n) is 27.3. The molecular weight excluding hydrogens is 556 g/mol. The third-order valence-electron chi connectivity index (χ3n) is 8.17. The highest BCUT2D eigenvalue weighted by molar-refractivity contribution is 6.12. The topological polar surface area (TPSA) is 25.2 Å². The number of aromatic nitrogens is 1. The summed E-state index contributed by atoms with van der Waals surface area (Å²) < 4.78 is 0. The average molecular weight is 599 g/mol.